The van der Waals surface area contributed by atoms with Crippen LogP contribution < -0.4 is 19.5 Å². The van der Waals surface area contributed by atoms with Crippen LogP contribution in [-0.4, -0.2) is 27.2 Å². The lowest BCUT2D eigenvalue weighted by Crippen LogP contribution is -2.24. The largest absolute Gasteiger partial charge is 0.496 e. The molecule has 126 valence electrons. The van der Waals surface area contributed by atoms with Gasteiger partial charge in [-0.25, -0.2) is 0 Å². The zero-order chi connectivity index (χ0) is 17.3. The fraction of sp³-hybridized carbons (Fsp3) is 0.278. The number of benzene rings is 2. The maximum Gasteiger partial charge on any atom is 0.225 e. The molecule has 1 atom stereocenters. The van der Waals surface area contributed by atoms with Crippen molar-refractivity contribution in [3.8, 4) is 17.2 Å². The molecule has 1 N–H and O–H groups in total. The topological polar surface area (TPSA) is 56.8 Å². The third-order valence-electron chi connectivity index (χ3n) is 4.16. The second kappa shape index (κ2) is 6.73. The fourth-order valence-corrected chi connectivity index (χ4v) is 3.42. The lowest BCUT2D eigenvalue weighted by molar-refractivity contribution is -0.116. The zero-order valence-corrected chi connectivity index (χ0v) is 15.3. The summed E-state index contributed by atoms with van der Waals surface area (Å²) in [5.74, 6) is 1.80. The van der Waals surface area contributed by atoms with Crippen LogP contribution >= 0.6 is 15.9 Å². The molecule has 1 heterocycles. The molecule has 0 fully saturated rings. The number of halogens is 1. The summed E-state index contributed by atoms with van der Waals surface area (Å²) in [5, 5.41) is 2.91. The van der Waals surface area contributed by atoms with Gasteiger partial charge in [-0.3, -0.25) is 4.79 Å². The Morgan fingerprint density at radius 2 is 1.62 bits per heavy atom. The summed E-state index contributed by atoms with van der Waals surface area (Å²) in [4.78, 5) is 12.2. The summed E-state index contributed by atoms with van der Waals surface area (Å²) in [7, 11) is 4.80. The van der Waals surface area contributed by atoms with Crippen molar-refractivity contribution in [1.29, 1.82) is 0 Å². The predicted molar refractivity (Wildman–Crippen MR) is 95.3 cm³/mol. The van der Waals surface area contributed by atoms with E-state index in [1.165, 1.54) is 0 Å². The van der Waals surface area contributed by atoms with Crippen molar-refractivity contribution in [2.45, 2.75) is 12.3 Å². The van der Waals surface area contributed by atoms with Gasteiger partial charge in [0.05, 0.1) is 21.3 Å². The van der Waals surface area contributed by atoms with E-state index in [0.717, 1.165) is 27.0 Å². The number of amides is 1. The van der Waals surface area contributed by atoms with E-state index in [1.54, 1.807) is 27.4 Å². The zero-order valence-electron chi connectivity index (χ0n) is 13.7. The van der Waals surface area contributed by atoms with E-state index in [4.69, 9.17) is 14.2 Å². The molecule has 2 aromatic carbocycles. The molecule has 5 nitrogen and oxygen atoms in total. The highest BCUT2D eigenvalue weighted by Crippen LogP contribution is 2.45. The minimum Gasteiger partial charge on any atom is -0.496 e. The van der Waals surface area contributed by atoms with Gasteiger partial charge in [0.25, 0.3) is 0 Å². The van der Waals surface area contributed by atoms with Crippen molar-refractivity contribution < 1.29 is 19.0 Å². The normalized spacial score (nSPS) is 16.2. The minimum atomic E-state index is -0.124. The smallest absolute Gasteiger partial charge is 0.225 e. The molecule has 1 amide bonds. The molecule has 0 saturated heterocycles. The number of fused-ring (bicyclic) bond motifs is 1. The molecule has 0 aliphatic carbocycles. The van der Waals surface area contributed by atoms with Crippen LogP contribution in [0.25, 0.3) is 0 Å². The van der Waals surface area contributed by atoms with E-state index in [0.29, 0.717) is 17.9 Å². The van der Waals surface area contributed by atoms with Gasteiger partial charge in [-0.15, -0.1) is 0 Å². The van der Waals surface area contributed by atoms with E-state index in [-0.39, 0.29) is 11.8 Å². The molecule has 0 bridgehead atoms. The van der Waals surface area contributed by atoms with E-state index < -0.39 is 0 Å². The quantitative estimate of drug-likeness (QED) is 0.856. The summed E-state index contributed by atoms with van der Waals surface area (Å²) in [6.07, 6.45) is 0.343. The summed E-state index contributed by atoms with van der Waals surface area (Å²) >= 11 is 3.50. The number of nitrogens with one attached hydrogen (secondary N) is 1. The Morgan fingerprint density at radius 1 is 0.958 bits per heavy atom. The molecule has 0 aromatic heterocycles. The van der Waals surface area contributed by atoms with Gasteiger partial charge >= 0.3 is 0 Å². The van der Waals surface area contributed by atoms with Crippen LogP contribution in [0.2, 0.25) is 0 Å². The first-order valence-corrected chi connectivity index (χ1v) is 8.26. The Bertz CT molecular complexity index is 791. The SMILES string of the molecule is COc1cc2c(cc1OC)[C@H](c1cc(Br)ccc1OC)CC(=O)N2. The Labute approximate surface area is 149 Å². The fourth-order valence-electron chi connectivity index (χ4n) is 3.04. The summed E-state index contributed by atoms with van der Waals surface area (Å²) < 4.78 is 17.2. The molecule has 0 spiro atoms. The van der Waals surface area contributed by atoms with Crippen molar-refractivity contribution in [2.24, 2.45) is 0 Å². The maximum atomic E-state index is 12.2. The first-order chi connectivity index (χ1) is 11.6. The first kappa shape index (κ1) is 16.6. The molecule has 2 aromatic rings. The molecular weight excluding hydrogens is 374 g/mol. The first-order valence-electron chi connectivity index (χ1n) is 7.46. The lowest BCUT2D eigenvalue weighted by atomic mass is 9.84. The highest BCUT2D eigenvalue weighted by Gasteiger charge is 2.30. The molecule has 1 aliphatic rings. The number of hydrogen-bond acceptors (Lipinski definition) is 4. The van der Waals surface area contributed by atoms with Gasteiger partial charge in [-0.05, 0) is 29.8 Å². The van der Waals surface area contributed by atoms with Crippen LogP contribution in [0.5, 0.6) is 17.2 Å². The second-order valence-electron chi connectivity index (χ2n) is 5.49. The number of ether oxygens (including phenoxy) is 3. The number of carbonyl (C=O) groups excluding carboxylic acids is 1. The van der Waals surface area contributed by atoms with Gasteiger partial charge in [-0.2, -0.15) is 0 Å². The van der Waals surface area contributed by atoms with Crippen LogP contribution in [0.1, 0.15) is 23.5 Å². The van der Waals surface area contributed by atoms with Gasteiger partial charge in [0.15, 0.2) is 11.5 Å². The Kier molecular flexibility index (Phi) is 4.66. The molecule has 0 unspecified atom stereocenters. The van der Waals surface area contributed by atoms with Crippen molar-refractivity contribution >= 4 is 27.5 Å². The molecule has 0 radical (unpaired) electrons. The summed E-state index contributed by atoms with van der Waals surface area (Å²) in [6.45, 7) is 0. The Morgan fingerprint density at radius 3 is 2.29 bits per heavy atom. The van der Waals surface area contributed by atoms with Crippen molar-refractivity contribution in [3.05, 3.63) is 45.9 Å². The third-order valence-corrected chi connectivity index (χ3v) is 4.66. The molecule has 0 saturated carbocycles. The molecule has 6 heteroatoms. The van der Waals surface area contributed by atoms with Crippen LogP contribution in [0.15, 0.2) is 34.8 Å². The molecule has 24 heavy (non-hydrogen) atoms. The Hall–Kier alpha value is -2.21. The molecular formula is C18H18BrNO4. The average molecular weight is 392 g/mol. The minimum absolute atomic E-state index is 0.0400. The highest BCUT2D eigenvalue weighted by atomic mass is 79.9. The molecule has 3 rings (SSSR count). The van der Waals surface area contributed by atoms with Crippen LogP contribution in [0.4, 0.5) is 5.69 Å². The average Bonchev–Trinajstić information content (AvgIpc) is 2.59. The van der Waals surface area contributed by atoms with Gasteiger partial charge in [-0.1, -0.05) is 15.9 Å². The van der Waals surface area contributed by atoms with Gasteiger partial charge < -0.3 is 19.5 Å². The van der Waals surface area contributed by atoms with E-state index >= 15 is 0 Å². The number of anilines is 1. The molecule has 1 aliphatic heterocycles. The van der Waals surface area contributed by atoms with Crippen molar-refractivity contribution in [3.63, 3.8) is 0 Å². The van der Waals surface area contributed by atoms with Gasteiger partial charge in [0, 0.05) is 34.1 Å². The number of methoxy groups -OCH3 is 3. The maximum absolute atomic E-state index is 12.2. The van der Waals surface area contributed by atoms with Gasteiger partial charge in [0.1, 0.15) is 5.75 Å². The van der Waals surface area contributed by atoms with Crippen LogP contribution in [-0.2, 0) is 4.79 Å². The van der Waals surface area contributed by atoms with E-state index in [9.17, 15) is 4.79 Å². The number of hydrogen-bond donors (Lipinski definition) is 1. The third kappa shape index (κ3) is 2.94. The van der Waals surface area contributed by atoms with Crippen LogP contribution in [0.3, 0.4) is 0 Å². The predicted octanol–water partition coefficient (Wildman–Crippen LogP) is 3.95. The number of rotatable bonds is 4. The summed E-state index contributed by atoms with van der Waals surface area (Å²) in [5.41, 5.74) is 2.66. The Balaban J connectivity index is 2.18. The van der Waals surface area contributed by atoms with E-state index in [2.05, 4.69) is 21.2 Å². The number of carbonyl (C=O) groups is 1. The van der Waals surface area contributed by atoms with E-state index in [1.807, 2.05) is 24.3 Å². The summed E-state index contributed by atoms with van der Waals surface area (Å²) in [6, 6.07) is 9.51. The standard InChI is InChI=1S/C18H18BrNO4/c1-22-15-5-4-10(19)6-13(15)11-8-18(21)20-14-9-17(24-3)16(23-2)7-12(11)14/h4-7,9,11H,8H2,1-3H3,(H,20,21)/t11-/m1/s1. The van der Waals surface area contributed by atoms with Gasteiger partial charge in [0.2, 0.25) is 5.91 Å². The lowest BCUT2D eigenvalue weighted by Gasteiger charge is -2.28. The van der Waals surface area contributed by atoms with Crippen molar-refractivity contribution in [1.82, 2.24) is 0 Å². The van der Waals surface area contributed by atoms with Crippen molar-refractivity contribution in [2.75, 3.05) is 26.6 Å². The monoisotopic (exact) mass is 391 g/mol. The highest BCUT2D eigenvalue weighted by molar-refractivity contribution is 9.10. The second-order valence-corrected chi connectivity index (χ2v) is 6.40. The van der Waals surface area contributed by atoms with Crippen LogP contribution in [0, 0.1) is 0 Å².